The van der Waals surface area contributed by atoms with Crippen LogP contribution in [0.5, 0.6) is 0 Å². The van der Waals surface area contributed by atoms with Gasteiger partial charge in [-0.3, -0.25) is 14.9 Å². The summed E-state index contributed by atoms with van der Waals surface area (Å²) in [5.41, 5.74) is 1.12. The molecule has 0 saturated heterocycles. The summed E-state index contributed by atoms with van der Waals surface area (Å²) in [6.07, 6.45) is 0.571. The van der Waals surface area contributed by atoms with Crippen LogP contribution in [-0.2, 0) is 11.2 Å². The van der Waals surface area contributed by atoms with Crippen molar-refractivity contribution in [3.63, 3.8) is 0 Å². The van der Waals surface area contributed by atoms with Gasteiger partial charge in [0.1, 0.15) is 10.6 Å². The van der Waals surface area contributed by atoms with Gasteiger partial charge in [-0.05, 0) is 13.3 Å². The molecule has 0 N–H and O–H groups in total. The highest BCUT2D eigenvalue weighted by Crippen LogP contribution is 2.34. The number of para-hydroxylation sites is 1. The molecule has 16 heavy (non-hydrogen) atoms. The average molecular weight is 286 g/mol. The largest absolute Gasteiger partial charge is 0.298 e. The molecule has 0 radical (unpaired) electrons. The number of carbonyl (C=O) groups excluding carboxylic acids is 1. The van der Waals surface area contributed by atoms with Gasteiger partial charge in [-0.15, -0.1) is 0 Å². The van der Waals surface area contributed by atoms with E-state index in [-0.39, 0.29) is 11.5 Å². The molecule has 0 amide bonds. The Kier molecular flexibility index (Phi) is 4.18. The standard InChI is InChI=1S/C11H12BrNO3/c1-3-8-5-4-6-9(10(12)7(2)14)11(8)13(15)16/h4-6,10H,3H2,1-2H3. The number of hydrogen-bond acceptors (Lipinski definition) is 3. The van der Waals surface area contributed by atoms with E-state index in [0.29, 0.717) is 17.5 Å². The molecule has 0 aliphatic carbocycles. The summed E-state index contributed by atoms with van der Waals surface area (Å²) in [5, 5.41) is 11.0. The third-order valence-electron chi connectivity index (χ3n) is 2.34. The molecule has 0 bridgehead atoms. The SMILES string of the molecule is CCc1cccc(C(Br)C(C)=O)c1[N+](=O)[O-]. The number of alkyl halides is 1. The van der Waals surface area contributed by atoms with E-state index >= 15 is 0 Å². The fraction of sp³-hybridized carbons (Fsp3) is 0.364. The summed E-state index contributed by atoms with van der Waals surface area (Å²) in [7, 11) is 0. The summed E-state index contributed by atoms with van der Waals surface area (Å²) in [5.74, 6) is -0.142. The second kappa shape index (κ2) is 5.21. The molecule has 0 heterocycles. The normalized spacial score (nSPS) is 12.2. The van der Waals surface area contributed by atoms with Crippen LogP contribution in [0.1, 0.15) is 29.8 Å². The number of halogens is 1. The lowest BCUT2D eigenvalue weighted by Crippen LogP contribution is -2.06. The van der Waals surface area contributed by atoms with E-state index in [4.69, 9.17) is 0 Å². The van der Waals surface area contributed by atoms with Gasteiger partial charge in [0.25, 0.3) is 5.69 Å². The quantitative estimate of drug-likeness (QED) is 0.485. The Hall–Kier alpha value is -1.23. The summed E-state index contributed by atoms with van der Waals surface area (Å²) in [6, 6.07) is 5.05. The average Bonchev–Trinajstić information content (AvgIpc) is 2.26. The molecule has 1 aromatic rings. The van der Waals surface area contributed by atoms with Gasteiger partial charge < -0.3 is 0 Å². The molecule has 1 atom stereocenters. The number of ketones is 1. The molecule has 1 rings (SSSR count). The van der Waals surface area contributed by atoms with Crippen molar-refractivity contribution in [2.45, 2.75) is 25.1 Å². The molecular formula is C11H12BrNO3. The van der Waals surface area contributed by atoms with Crippen LogP contribution in [0.15, 0.2) is 18.2 Å². The molecule has 0 fully saturated rings. The zero-order valence-corrected chi connectivity index (χ0v) is 10.7. The Labute approximate surface area is 102 Å². The first-order chi connectivity index (χ1) is 7.49. The lowest BCUT2D eigenvalue weighted by atomic mass is 10.0. The summed E-state index contributed by atoms with van der Waals surface area (Å²) >= 11 is 3.18. The maximum atomic E-state index is 11.2. The lowest BCUT2D eigenvalue weighted by molar-refractivity contribution is -0.386. The number of aryl methyl sites for hydroxylation is 1. The maximum absolute atomic E-state index is 11.2. The van der Waals surface area contributed by atoms with Crippen LogP contribution in [-0.4, -0.2) is 10.7 Å². The molecule has 0 aromatic heterocycles. The van der Waals surface area contributed by atoms with Crippen LogP contribution in [0.3, 0.4) is 0 Å². The van der Waals surface area contributed by atoms with Crippen molar-refractivity contribution in [2.24, 2.45) is 0 Å². The van der Waals surface area contributed by atoms with E-state index in [1.807, 2.05) is 6.92 Å². The molecule has 1 unspecified atom stereocenters. The fourth-order valence-electron chi connectivity index (χ4n) is 1.54. The van der Waals surface area contributed by atoms with E-state index in [0.717, 1.165) is 0 Å². The number of hydrogen-bond donors (Lipinski definition) is 0. The number of nitro benzene ring substituents is 1. The van der Waals surface area contributed by atoms with Crippen LogP contribution in [0.2, 0.25) is 0 Å². The first-order valence-corrected chi connectivity index (χ1v) is 5.81. The molecule has 0 aliphatic rings. The second-order valence-electron chi connectivity index (χ2n) is 3.44. The van der Waals surface area contributed by atoms with Crippen molar-refractivity contribution in [1.29, 1.82) is 0 Å². The van der Waals surface area contributed by atoms with Gasteiger partial charge in [-0.25, -0.2) is 0 Å². The number of nitrogens with zero attached hydrogens (tertiary/aromatic N) is 1. The van der Waals surface area contributed by atoms with Crippen molar-refractivity contribution in [1.82, 2.24) is 0 Å². The van der Waals surface area contributed by atoms with Crippen LogP contribution in [0, 0.1) is 10.1 Å². The maximum Gasteiger partial charge on any atom is 0.277 e. The first kappa shape index (κ1) is 12.8. The van der Waals surface area contributed by atoms with Gasteiger partial charge in [0, 0.05) is 5.56 Å². The predicted octanol–water partition coefficient (Wildman–Crippen LogP) is 3.18. The van der Waals surface area contributed by atoms with E-state index in [1.54, 1.807) is 18.2 Å². The van der Waals surface area contributed by atoms with Crippen molar-refractivity contribution in [2.75, 3.05) is 0 Å². The predicted molar refractivity (Wildman–Crippen MR) is 64.8 cm³/mol. The minimum atomic E-state index is -0.612. The fourth-order valence-corrected chi connectivity index (χ4v) is 1.91. The number of benzene rings is 1. The molecular weight excluding hydrogens is 274 g/mol. The Balaban J connectivity index is 3.38. The van der Waals surface area contributed by atoms with E-state index < -0.39 is 9.75 Å². The molecule has 1 aromatic carbocycles. The lowest BCUT2D eigenvalue weighted by Gasteiger charge is -2.09. The molecule has 0 saturated carbocycles. The minimum absolute atomic E-state index is 0.0436. The summed E-state index contributed by atoms with van der Waals surface area (Å²) in [6.45, 7) is 3.25. The van der Waals surface area contributed by atoms with Crippen molar-refractivity contribution < 1.29 is 9.72 Å². The number of carbonyl (C=O) groups is 1. The highest BCUT2D eigenvalue weighted by atomic mass is 79.9. The number of nitro groups is 1. The molecule has 86 valence electrons. The minimum Gasteiger partial charge on any atom is -0.298 e. The molecule has 5 heteroatoms. The van der Waals surface area contributed by atoms with Gasteiger partial charge in [0.15, 0.2) is 0 Å². The monoisotopic (exact) mass is 285 g/mol. The Morgan fingerprint density at radius 1 is 1.56 bits per heavy atom. The third-order valence-corrected chi connectivity index (χ3v) is 3.48. The molecule has 0 spiro atoms. The Morgan fingerprint density at radius 3 is 2.62 bits per heavy atom. The van der Waals surface area contributed by atoms with Gasteiger partial charge >= 0.3 is 0 Å². The Bertz CT molecular complexity index is 431. The van der Waals surface area contributed by atoms with E-state index in [1.165, 1.54) is 6.92 Å². The zero-order chi connectivity index (χ0) is 12.3. The van der Waals surface area contributed by atoms with Gasteiger partial charge in [0.05, 0.1) is 10.5 Å². The van der Waals surface area contributed by atoms with Gasteiger partial charge in [0.2, 0.25) is 0 Å². The first-order valence-electron chi connectivity index (χ1n) is 4.89. The van der Waals surface area contributed by atoms with Crippen molar-refractivity contribution >= 4 is 27.4 Å². The summed E-state index contributed by atoms with van der Waals surface area (Å²) in [4.78, 5) is 21.2. The van der Waals surface area contributed by atoms with Crippen LogP contribution < -0.4 is 0 Å². The molecule has 4 nitrogen and oxygen atoms in total. The van der Waals surface area contributed by atoms with Gasteiger partial charge in [-0.1, -0.05) is 41.1 Å². The second-order valence-corrected chi connectivity index (χ2v) is 4.35. The van der Waals surface area contributed by atoms with Gasteiger partial charge in [-0.2, -0.15) is 0 Å². The zero-order valence-electron chi connectivity index (χ0n) is 9.07. The van der Waals surface area contributed by atoms with Crippen LogP contribution in [0.25, 0.3) is 0 Å². The van der Waals surface area contributed by atoms with Crippen LogP contribution >= 0.6 is 15.9 Å². The van der Waals surface area contributed by atoms with Crippen molar-refractivity contribution in [3.8, 4) is 0 Å². The highest BCUT2D eigenvalue weighted by molar-refractivity contribution is 9.09. The van der Waals surface area contributed by atoms with E-state index in [2.05, 4.69) is 15.9 Å². The topological polar surface area (TPSA) is 60.2 Å². The highest BCUT2D eigenvalue weighted by Gasteiger charge is 2.25. The Morgan fingerprint density at radius 2 is 2.19 bits per heavy atom. The molecule has 0 aliphatic heterocycles. The van der Waals surface area contributed by atoms with E-state index in [9.17, 15) is 14.9 Å². The smallest absolute Gasteiger partial charge is 0.277 e. The van der Waals surface area contributed by atoms with Crippen LogP contribution in [0.4, 0.5) is 5.69 Å². The number of rotatable bonds is 4. The summed E-state index contributed by atoms with van der Waals surface area (Å²) < 4.78 is 0. The number of Topliss-reactive ketones (excluding diaryl/α,β-unsaturated/α-hetero) is 1. The third kappa shape index (κ3) is 2.47. The van der Waals surface area contributed by atoms with Crippen molar-refractivity contribution in [3.05, 3.63) is 39.4 Å².